The van der Waals surface area contributed by atoms with E-state index < -0.39 is 23.0 Å². The first-order valence-electron chi connectivity index (χ1n) is 5.16. The van der Waals surface area contributed by atoms with Crippen LogP contribution < -0.4 is 0 Å². The van der Waals surface area contributed by atoms with E-state index in [1.807, 2.05) is 0 Å². The highest BCUT2D eigenvalue weighted by molar-refractivity contribution is 6.45. The van der Waals surface area contributed by atoms with Crippen LogP contribution in [0.3, 0.4) is 0 Å². The molecular formula is C13H14O4. The van der Waals surface area contributed by atoms with Crippen LogP contribution in [0, 0.1) is 5.41 Å². The molecule has 0 fully saturated rings. The molecule has 0 aliphatic rings. The Hall–Kier alpha value is -1.97. The van der Waals surface area contributed by atoms with Crippen molar-refractivity contribution in [3.8, 4) is 0 Å². The second kappa shape index (κ2) is 4.49. The molecule has 0 aliphatic heterocycles. The molecule has 1 N–H and O–H groups in total. The topological polar surface area (TPSA) is 71.4 Å². The molecule has 1 aromatic carbocycles. The molecule has 0 heterocycles. The Balaban J connectivity index is 3.10. The van der Waals surface area contributed by atoms with E-state index in [4.69, 9.17) is 5.11 Å². The van der Waals surface area contributed by atoms with Gasteiger partial charge in [-0.3, -0.25) is 9.59 Å². The minimum atomic E-state index is -1.12. The van der Waals surface area contributed by atoms with Gasteiger partial charge in [0.05, 0.1) is 5.56 Å². The summed E-state index contributed by atoms with van der Waals surface area (Å²) in [7, 11) is 0. The van der Waals surface area contributed by atoms with E-state index in [1.54, 1.807) is 20.8 Å². The maximum atomic E-state index is 11.8. The van der Waals surface area contributed by atoms with Gasteiger partial charge in [-0.2, -0.15) is 0 Å². The van der Waals surface area contributed by atoms with Crippen molar-refractivity contribution >= 4 is 17.5 Å². The molecule has 4 heteroatoms. The van der Waals surface area contributed by atoms with Crippen LogP contribution in [-0.2, 0) is 4.79 Å². The van der Waals surface area contributed by atoms with E-state index in [0.717, 1.165) is 0 Å². The summed E-state index contributed by atoms with van der Waals surface area (Å²) < 4.78 is 0. The molecule has 0 saturated carbocycles. The number of carbonyl (C=O) groups is 3. The Morgan fingerprint density at radius 1 is 1.06 bits per heavy atom. The molecule has 1 rings (SSSR count). The van der Waals surface area contributed by atoms with Crippen LogP contribution >= 0.6 is 0 Å². The van der Waals surface area contributed by atoms with Gasteiger partial charge in [0, 0.05) is 11.0 Å². The number of hydrogen-bond acceptors (Lipinski definition) is 3. The van der Waals surface area contributed by atoms with E-state index >= 15 is 0 Å². The molecule has 4 nitrogen and oxygen atoms in total. The number of rotatable bonds is 3. The van der Waals surface area contributed by atoms with Crippen molar-refractivity contribution < 1.29 is 19.5 Å². The van der Waals surface area contributed by atoms with Crippen molar-refractivity contribution in [3.63, 3.8) is 0 Å². The van der Waals surface area contributed by atoms with Crippen LogP contribution in [0.2, 0.25) is 0 Å². The summed E-state index contributed by atoms with van der Waals surface area (Å²) in [5.74, 6) is -2.30. The zero-order chi connectivity index (χ0) is 13.2. The lowest BCUT2D eigenvalue weighted by Crippen LogP contribution is -2.28. The van der Waals surface area contributed by atoms with Gasteiger partial charge < -0.3 is 5.11 Å². The number of carboxylic acids is 1. The van der Waals surface area contributed by atoms with Crippen molar-refractivity contribution in [3.05, 3.63) is 35.4 Å². The Morgan fingerprint density at radius 2 is 1.59 bits per heavy atom. The van der Waals surface area contributed by atoms with Crippen molar-refractivity contribution in [1.82, 2.24) is 0 Å². The molecule has 0 saturated heterocycles. The fraction of sp³-hybridized carbons (Fsp3) is 0.308. The SMILES string of the molecule is CC(C)(C)C(=O)C(=O)c1cccc(C(=O)O)c1. The third-order valence-corrected chi connectivity index (χ3v) is 2.26. The summed E-state index contributed by atoms with van der Waals surface area (Å²) in [6.07, 6.45) is 0. The Morgan fingerprint density at radius 3 is 2.06 bits per heavy atom. The largest absolute Gasteiger partial charge is 0.478 e. The zero-order valence-electron chi connectivity index (χ0n) is 9.98. The number of benzene rings is 1. The third-order valence-electron chi connectivity index (χ3n) is 2.26. The van der Waals surface area contributed by atoms with Gasteiger partial charge in [-0.25, -0.2) is 4.79 Å². The predicted octanol–water partition coefficient (Wildman–Crippen LogP) is 2.18. The molecular weight excluding hydrogens is 220 g/mol. The highest BCUT2D eigenvalue weighted by Gasteiger charge is 2.29. The second-order valence-corrected chi connectivity index (χ2v) is 4.79. The van der Waals surface area contributed by atoms with E-state index in [9.17, 15) is 14.4 Å². The third kappa shape index (κ3) is 3.00. The van der Waals surface area contributed by atoms with Gasteiger partial charge in [0.25, 0.3) is 0 Å². The van der Waals surface area contributed by atoms with Crippen LogP contribution in [0.1, 0.15) is 41.5 Å². The van der Waals surface area contributed by atoms with Crippen molar-refractivity contribution in [1.29, 1.82) is 0 Å². The maximum Gasteiger partial charge on any atom is 0.335 e. The Kier molecular flexibility index (Phi) is 3.46. The van der Waals surface area contributed by atoms with E-state index in [2.05, 4.69) is 0 Å². The molecule has 0 radical (unpaired) electrons. The van der Waals surface area contributed by atoms with Crippen LogP contribution in [0.5, 0.6) is 0 Å². The molecule has 0 aromatic heterocycles. The van der Waals surface area contributed by atoms with Gasteiger partial charge in [0.2, 0.25) is 11.6 Å². The second-order valence-electron chi connectivity index (χ2n) is 4.79. The summed E-state index contributed by atoms with van der Waals surface area (Å²) in [6, 6.07) is 5.49. The number of hydrogen-bond donors (Lipinski definition) is 1. The summed E-state index contributed by atoms with van der Waals surface area (Å²) >= 11 is 0. The fourth-order valence-corrected chi connectivity index (χ4v) is 1.27. The first-order valence-corrected chi connectivity index (χ1v) is 5.16. The first kappa shape index (κ1) is 13.1. The molecule has 0 spiro atoms. The number of carboxylic acid groups (broad SMARTS) is 1. The highest BCUT2D eigenvalue weighted by Crippen LogP contribution is 2.18. The molecule has 0 amide bonds. The minimum Gasteiger partial charge on any atom is -0.478 e. The van der Waals surface area contributed by atoms with Crippen molar-refractivity contribution in [2.45, 2.75) is 20.8 Å². The molecule has 0 bridgehead atoms. The van der Waals surface area contributed by atoms with Gasteiger partial charge in [0.15, 0.2) is 0 Å². The van der Waals surface area contributed by atoms with Crippen LogP contribution in [-0.4, -0.2) is 22.6 Å². The van der Waals surface area contributed by atoms with Gasteiger partial charge in [-0.1, -0.05) is 32.9 Å². The standard InChI is InChI=1S/C13H14O4/c1-13(2,3)11(15)10(14)8-5-4-6-9(7-8)12(16)17/h4-7H,1-3H3,(H,16,17). The monoisotopic (exact) mass is 234 g/mol. The van der Waals surface area contributed by atoms with Crippen molar-refractivity contribution in [2.75, 3.05) is 0 Å². The summed E-state index contributed by atoms with van der Waals surface area (Å²) in [5, 5.41) is 8.79. The number of Topliss-reactive ketones (excluding diaryl/α,β-unsaturated/α-hetero) is 2. The maximum absolute atomic E-state index is 11.8. The minimum absolute atomic E-state index is 0.00226. The summed E-state index contributed by atoms with van der Waals surface area (Å²) in [6.45, 7) is 4.94. The Bertz CT molecular complexity index is 480. The lowest BCUT2D eigenvalue weighted by molar-refractivity contribution is -0.121. The van der Waals surface area contributed by atoms with Gasteiger partial charge in [-0.05, 0) is 12.1 Å². The molecule has 0 unspecified atom stereocenters. The molecule has 1 aromatic rings. The lowest BCUT2D eigenvalue weighted by atomic mass is 9.86. The summed E-state index contributed by atoms with van der Waals surface area (Å²) in [5.41, 5.74) is -0.654. The van der Waals surface area contributed by atoms with E-state index in [0.29, 0.717) is 0 Å². The molecule has 0 aliphatic carbocycles. The van der Waals surface area contributed by atoms with Crippen molar-refractivity contribution in [2.24, 2.45) is 5.41 Å². The smallest absolute Gasteiger partial charge is 0.335 e. The highest BCUT2D eigenvalue weighted by atomic mass is 16.4. The Labute approximate surface area is 99.3 Å². The zero-order valence-corrected chi connectivity index (χ0v) is 9.98. The van der Waals surface area contributed by atoms with E-state index in [-0.39, 0.29) is 11.1 Å². The average Bonchev–Trinajstić information content (AvgIpc) is 2.26. The fourth-order valence-electron chi connectivity index (χ4n) is 1.27. The normalized spacial score (nSPS) is 11.0. The van der Waals surface area contributed by atoms with Crippen LogP contribution in [0.25, 0.3) is 0 Å². The number of aromatic carboxylic acids is 1. The number of ketones is 2. The van der Waals surface area contributed by atoms with Crippen LogP contribution in [0.15, 0.2) is 24.3 Å². The predicted molar refractivity (Wildman–Crippen MR) is 62.2 cm³/mol. The van der Waals surface area contributed by atoms with Gasteiger partial charge in [0.1, 0.15) is 0 Å². The quantitative estimate of drug-likeness (QED) is 0.642. The summed E-state index contributed by atoms with van der Waals surface area (Å²) in [4.78, 5) is 34.3. The first-order chi connectivity index (χ1) is 7.73. The van der Waals surface area contributed by atoms with Crippen LogP contribution in [0.4, 0.5) is 0 Å². The van der Waals surface area contributed by atoms with E-state index in [1.165, 1.54) is 24.3 Å². The van der Waals surface area contributed by atoms with Gasteiger partial charge in [-0.15, -0.1) is 0 Å². The average molecular weight is 234 g/mol. The molecule has 17 heavy (non-hydrogen) atoms. The number of carbonyl (C=O) groups excluding carboxylic acids is 2. The molecule has 0 atom stereocenters. The van der Waals surface area contributed by atoms with Gasteiger partial charge >= 0.3 is 5.97 Å². The lowest BCUT2D eigenvalue weighted by Gasteiger charge is -2.15. The molecule has 90 valence electrons.